The van der Waals surface area contributed by atoms with Gasteiger partial charge in [0.25, 0.3) is 5.91 Å². The van der Waals surface area contributed by atoms with Crippen molar-refractivity contribution >= 4 is 33.0 Å². The number of quaternary nitrogens is 1. The van der Waals surface area contributed by atoms with Gasteiger partial charge in [-0.2, -0.15) is 11.3 Å². The predicted molar refractivity (Wildman–Crippen MR) is 112 cm³/mol. The molecule has 0 spiro atoms. The summed E-state index contributed by atoms with van der Waals surface area (Å²) in [6, 6.07) is 7.48. The number of anilines is 1. The highest BCUT2D eigenvalue weighted by molar-refractivity contribution is 7.92. The lowest BCUT2D eigenvalue weighted by Gasteiger charge is -2.32. The summed E-state index contributed by atoms with van der Waals surface area (Å²) in [6.45, 7) is 6.32. The van der Waals surface area contributed by atoms with Gasteiger partial charge in [-0.15, -0.1) is 0 Å². The van der Waals surface area contributed by atoms with Crippen LogP contribution < -0.4 is 9.21 Å². The van der Waals surface area contributed by atoms with Crippen LogP contribution in [0.1, 0.15) is 28.4 Å². The number of hydrogen-bond acceptors (Lipinski definition) is 4. The Balaban J connectivity index is 1.43. The Morgan fingerprint density at radius 2 is 2.00 bits per heavy atom. The minimum absolute atomic E-state index is 0.0443. The van der Waals surface area contributed by atoms with Gasteiger partial charge >= 0.3 is 0 Å². The minimum Gasteiger partial charge on any atom is -0.328 e. The molecule has 0 bridgehead atoms. The second kappa shape index (κ2) is 7.50. The van der Waals surface area contributed by atoms with E-state index in [-0.39, 0.29) is 11.9 Å². The van der Waals surface area contributed by atoms with E-state index in [0.29, 0.717) is 17.7 Å². The maximum absolute atomic E-state index is 13.0. The van der Waals surface area contributed by atoms with Crippen molar-refractivity contribution in [3.63, 3.8) is 0 Å². The van der Waals surface area contributed by atoms with Crippen LogP contribution in [0, 0.1) is 0 Å². The van der Waals surface area contributed by atoms with Gasteiger partial charge < -0.3 is 9.80 Å². The Labute approximate surface area is 170 Å². The highest BCUT2D eigenvalue weighted by Crippen LogP contribution is 2.34. The summed E-state index contributed by atoms with van der Waals surface area (Å²) in [4.78, 5) is 16.4. The van der Waals surface area contributed by atoms with Crippen LogP contribution in [0.5, 0.6) is 0 Å². The second-order valence-corrected chi connectivity index (χ2v) is 10.4. The van der Waals surface area contributed by atoms with E-state index in [1.54, 1.807) is 23.5 Å². The van der Waals surface area contributed by atoms with Crippen LogP contribution in [0.15, 0.2) is 35.0 Å². The van der Waals surface area contributed by atoms with Crippen molar-refractivity contribution in [1.82, 2.24) is 4.90 Å². The first kappa shape index (κ1) is 19.4. The van der Waals surface area contributed by atoms with Gasteiger partial charge in [-0.1, -0.05) is 0 Å². The predicted octanol–water partition coefficient (Wildman–Crippen LogP) is 1.000. The standard InChI is InChI=1S/C20H25N3O3S2/c1-15-11-18-12-17(3-4-19(18)23(15)28(2,25)26)20(24)22-8-6-21(7-9-22)13-16-5-10-27-14-16/h3-5,10,12,14-15H,6-9,11,13H2,1-2H3/p+1/t15-/m1/s1. The number of piperazine rings is 1. The zero-order valence-electron chi connectivity index (χ0n) is 16.2. The molecule has 0 unspecified atom stereocenters. The summed E-state index contributed by atoms with van der Waals surface area (Å²) in [6.07, 6.45) is 1.87. The summed E-state index contributed by atoms with van der Waals surface area (Å²) in [7, 11) is -3.31. The van der Waals surface area contributed by atoms with Gasteiger partial charge in [0.1, 0.15) is 6.54 Å². The summed E-state index contributed by atoms with van der Waals surface area (Å²) in [5.41, 5.74) is 3.66. The van der Waals surface area contributed by atoms with Crippen molar-refractivity contribution in [2.45, 2.75) is 25.9 Å². The van der Waals surface area contributed by atoms with Crippen LogP contribution in [-0.4, -0.2) is 57.7 Å². The molecule has 1 fully saturated rings. The van der Waals surface area contributed by atoms with Crippen LogP contribution in [-0.2, 0) is 23.0 Å². The lowest BCUT2D eigenvalue weighted by molar-refractivity contribution is -0.917. The zero-order valence-corrected chi connectivity index (χ0v) is 17.9. The fourth-order valence-corrected chi connectivity index (χ4v) is 6.24. The van der Waals surface area contributed by atoms with Gasteiger partial charge in [-0.3, -0.25) is 9.10 Å². The van der Waals surface area contributed by atoms with Crippen LogP contribution in [0.25, 0.3) is 0 Å². The quantitative estimate of drug-likeness (QED) is 0.803. The normalized spacial score (nSPS) is 20.4. The van der Waals surface area contributed by atoms with Gasteiger partial charge in [0.15, 0.2) is 0 Å². The maximum atomic E-state index is 13.0. The zero-order chi connectivity index (χ0) is 19.9. The average Bonchev–Trinajstić information content (AvgIpc) is 3.27. The molecule has 6 nitrogen and oxygen atoms in total. The molecule has 1 aromatic heterocycles. The smallest absolute Gasteiger partial charge is 0.254 e. The van der Waals surface area contributed by atoms with E-state index >= 15 is 0 Å². The summed E-state index contributed by atoms with van der Waals surface area (Å²) >= 11 is 1.72. The van der Waals surface area contributed by atoms with Crippen LogP contribution in [0.4, 0.5) is 5.69 Å². The molecule has 3 heterocycles. The number of fused-ring (bicyclic) bond motifs is 1. The van der Waals surface area contributed by atoms with Crippen molar-refractivity contribution in [3.8, 4) is 0 Å². The van der Waals surface area contributed by atoms with Crippen molar-refractivity contribution in [2.24, 2.45) is 0 Å². The number of hydrogen-bond donors (Lipinski definition) is 1. The van der Waals surface area contributed by atoms with Crippen molar-refractivity contribution in [1.29, 1.82) is 0 Å². The lowest BCUT2D eigenvalue weighted by atomic mass is 10.1. The fourth-order valence-electron chi connectivity index (χ4n) is 4.31. The Kier molecular flexibility index (Phi) is 5.20. The highest BCUT2D eigenvalue weighted by Gasteiger charge is 2.33. The maximum Gasteiger partial charge on any atom is 0.254 e. The first-order valence-electron chi connectivity index (χ1n) is 9.59. The SMILES string of the molecule is C[C@@H]1Cc2cc(C(=O)N3CC[NH+](Cc4ccsc4)CC3)ccc2N1S(C)(=O)=O. The molecule has 2 aliphatic rings. The second-order valence-electron chi connectivity index (χ2n) is 7.81. The number of thiophene rings is 1. The van der Waals surface area contributed by atoms with E-state index in [4.69, 9.17) is 0 Å². The number of carbonyl (C=O) groups is 1. The minimum atomic E-state index is -3.31. The third-order valence-electron chi connectivity index (χ3n) is 5.63. The van der Waals surface area contributed by atoms with Gasteiger partial charge in [-0.05, 0) is 53.9 Å². The third kappa shape index (κ3) is 3.81. The van der Waals surface area contributed by atoms with Crippen LogP contribution in [0.3, 0.4) is 0 Å². The highest BCUT2D eigenvalue weighted by atomic mass is 32.2. The Bertz CT molecular complexity index is 965. The molecular weight excluding hydrogens is 394 g/mol. The van der Waals surface area contributed by atoms with Gasteiger partial charge in [0, 0.05) is 17.2 Å². The van der Waals surface area contributed by atoms with E-state index < -0.39 is 10.0 Å². The molecule has 0 aliphatic carbocycles. The van der Waals surface area contributed by atoms with Crippen LogP contribution in [0.2, 0.25) is 0 Å². The summed E-state index contributed by atoms with van der Waals surface area (Å²) in [5.74, 6) is 0.0443. The molecule has 0 saturated carbocycles. The van der Waals surface area contributed by atoms with Gasteiger partial charge in [0.05, 0.1) is 38.1 Å². The van der Waals surface area contributed by atoms with Crippen LogP contribution >= 0.6 is 11.3 Å². The summed E-state index contributed by atoms with van der Waals surface area (Å²) < 4.78 is 25.6. The van der Waals surface area contributed by atoms with E-state index in [0.717, 1.165) is 38.3 Å². The largest absolute Gasteiger partial charge is 0.328 e. The Morgan fingerprint density at radius 3 is 2.64 bits per heavy atom. The lowest BCUT2D eigenvalue weighted by Crippen LogP contribution is -3.13. The molecule has 8 heteroatoms. The van der Waals surface area contributed by atoms with E-state index in [9.17, 15) is 13.2 Å². The van der Waals surface area contributed by atoms with Crippen molar-refractivity contribution < 1.29 is 18.1 Å². The average molecular weight is 421 g/mol. The van der Waals surface area contributed by atoms with Gasteiger partial charge in [-0.25, -0.2) is 8.42 Å². The number of sulfonamides is 1. The molecule has 4 rings (SSSR count). The molecule has 1 N–H and O–H groups in total. The fraction of sp³-hybridized carbons (Fsp3) is 0.450. The molecule has 1 atom stereocenters. The van der Waals surface area contributed by atoms with E-state index in [2.05, 4.69) is 16.8 Å². The molecule has 150 valence electrons. The number of carbonyl (C=O) groups excluding carboxylic acids is 1. The molecule has 0 radical (unpaired) electrons. The van der Waals surface area contributed by atoms with Gasteiger partial charge in [0.2, 0.25) is 10.0 Å². The number of nitrogens with zero attached hydrogens (tertiary/aromatic N) is 2. The number of amides is 1. The molecule has 2 aliphatic heterocycles. The molecular formula is C20H26N3O3S2+. The first-order valence-corrected chi connectivity index (χ1v) is 12.4. The molecule has 28 heavy (non-hydrogen) atoms. The molecule has 1 amide bonds. The number of benzene rings is 1. The van der Waals surface area contributed by atoms with Crippen molar-refractivity contribution in [3.05, 3.63) is 51.7 Å². The summed E-state index contributed by atoms with van der Waals surface area (Å²) in [5, 5.41) is 4.30. The van der Waals surface area contributed by atoms with Crippen molar-refractivity contribution in [2.75, 3.05) is 36.7 Å². The number of rotatable bonds is 4. The molecule has 2 aromatic rings. The molecule has 1 saturated heterocycles. The monoisotopic (exact) mass is 420 g/mol. The molecule has 1 aromatic carbocycles. The van der Waals surface area contributed by atoms with E-state index in [1.807, 2.05) is 17.9 Å². The first-order chi connectivity index (χ1) is 13.3. The van der Waals surface area contributed by atoms with E-state index in [1.165, 1.54) is 21.0 Å². The third-order valence-corrected chi connectivity index (χ3v) is 7.63. The Morgan fingerprint density at radius 1 is 1.25 bits per heavy atom. The Hall–Kier alpha value is -1.90. The number of nitrogens with one attached hydrogen (secondary N) is 1. The topological polar surface area (TPSA) is 62.1 Å².